The van der Waals surface area contributed by atoms with Crippen molar-refractivity contribution < 1.29 is 8.78 Å². The first kappa shape index (κ1) is 21.1. The summed E-state index contributed by atoms with van der Waals surface area (Å²) in [6.45, 7) is 2.03. The van der Waals surface area contributed by atoms with Crippen LogP contribution in [-0.4, -0.2) is 46.3 Å². The minimum absolute atomic E-state index is 0. The van der Waals surface area contributed by atoms with Crippen LogP contribution < -0.4 is 10.2 Å². The molecule has 5 rings (SSSR count). The zero-order valence-corrected chi connectivity index (χ0v) is 18.4. The Labute approximate surface area is 185 Å². The lowest BCUT2D eigenvalue weighted by molar-refractivity contribution is 0.443. The number of aromatic nitrogens is 4. The van der Waals surface area contributed by atoms with Crippen LogP contribution >= 0.6 is 35.1 Å². The van der Waals surface area contributed by atoms with Crippen molar-refractivity contribution in [3.8, 4) is 21.7 Å². The number of hydrogen-bond acceptors (Lipinski definition) is 7. The van der Waals surface area contributed by atoms with Crippen molar-refractivity contribution in [2.75, 3.05) is 25.0 Å². The summed E-state index contributed by atoms with van der Waals surface area (Å²) in [5.41, 5.74) is 0.694. The molecule has 6 nitrogen and oxygen atoms in total. The molecule has 4 aromatic rings. The molecule has 3 aromatic heterocycles. The number of nitrogens with zero attached hydrogens (tertiary/aromatic N) is 4. The first-order valence-corrected chi connectivity index (χ1v) is 10.9. The normalized spacial score (nSPS) is 14.8. The monoisotopic (exact) mass is 468 g/mol. The number of halogens is 3. The molecule has 0 unspecified atom stereocenters. The number of hydrogen-bond donors (Lipinski definition) is 2. The van der Waals surface area contributed by atoms with E-state index in [1.165, 1.54) is 47.2 Å². The van der Waals surface area contributed by atoms with Crippen LogP contribution in [0, 0.1) is 11.6 Å². The molecule has 0 aliphatic carbocycles. The largest absolute Gasteiger partial charge is 0.348 e. The van der Waals surface area contributed by atoms with Crippen molar-refractivity contribution in [1.29, 1.82) is 0 Å². The Kier molecular flexibility index (Phi) is 6.01. The van der Waals surface area contributed by atoms with E-state index in [1.54, 1.807) is 0 Å². The van der Waals surface area contributed by atoms with E-state index in [1.807, 2.05) is 0 Å². The maximum absolute atomic E-state index is 14.6. The van der Waals surface area contributed by atoms with Crippen LogP contribution in [0.2, 0.25) is 0 Å². The fourth-order valence-electron chi connectivity index (χ4n) is 3.62. The average Bonchev–Trinajstić information content (AvgIpc) is 3.44. The molecule has 0 spiro atoms. The highest BCUT2D eigenvalue weighted by Gasteiger charge is 2.23. The molecule has 0 amide bonds. The first-order valence-electron chi connectivity index (χ1n) is 9.29. The predicted molar refractivity (Wildman–Crippen MR) is 120 cm³/mol. The van der Waals surface area contributed by atoms with Crippen LogP contribution in [0.4, 0.5) is 13.9 Å². The minimum atomic E-state index is -0.640. The second-order valence-corrected chi connectivity index (χ2v) is 8.95. The third-order valence-corrected chi connectivity index (χ3v) is 7.37. The molecule has 0 atom stereocenters. The molecular weight excluding hydrogens is 450 g/mol. The van der Waals surface area contributed by atoms with Crippen molar-refractivity contribution in [3.05, 3.63) is 36.2 Å². The summed E-state index contributed by atoms with van der Waals surface area (Å²) in [6.07, 6.45) is 5.03. The van der Waals surface area contributed by atoms with Crippen molar-refractivity contribution in [1.82, 2.24) is 25.5 Å². The van der Waals surface area contributed by atoms with Crippen molar-refractivity contribution >= 4 is 49.9 Å². The van der Waals surface area contributed by atoms with Gasteiger partial charge in [-0.1, -0.05) is 22.7 Å². The van der Waals surface area contributed by atoms with Gasteiger partial charge in [0.25, 0.3) is 0 Å². The van der Waals surface area contributed by atoms with Crippen molar-refractivity contribution in [3.63, 3.8) is 0 Å². The maximum atomic E-state index is 14.6. The Morgan fingerprint density at radius 2 is 1.73 bits per heavy atom. The van der Waals surface area contributed by atoms with Gasteiger partial charge in [0.2, 0.25) is 0 Å². The SMILES string of the molecule is CN(c1nc2sc(-c3cc(F)c(-c4cn[nH]c4)c(F)c3)nc2s1)C1CCNCC1.Cl. The van der Waals surface area contributed by atoms with E-state index in [0.717, 1.165) is 40.7 Å². The molecule has 1 aromatic carbocycles. The van der Waals surface area contributed by atoms with Crippen molar-refractivity contribution in [2.45, 2.75) is 18.9 Å². The van der Waals surface area contributed by atoms with Gasteiger partial charge in [-0.25, -0.2) is 18.7 Å². The highest BCUT2D eigenvalue weighted by Crippen LogP contribution is 2.38. The van der Waals surface area contributed by atoms with E-state index in [-0.39, 0.29) is 18.0 Å². The molecule has 1 saturated heterocycles. The molecule has 0 saturated carbocycles. The molecule has 0 bridgehead atoms. The van der Waals surface area contributed by atoms with Crippen LogP contribution in [-0.2, 0) is 0 Å². The van der Waals surface area contributed by atoms with E-state index < -0.39 is 11.6 Å². The second kappa shape index (κ2) is 8.54. The lowest BCUT2D eigenvalue weighted by Gasteiger charge is -2.31. The highest BCUT2D eigenvalue weighted by molar-refractivity contribution is 7.29. The van der Waals surface area contributed by atoms with Crippen molar-refractivity contribution in [2.24, 2.45) is 0 Å². The Bertz CT molecular complexity index is 1100. The van der Waals surface area contributed by atoms with E-state index in [0.29, 0.717) is 22.2 Å². The van der Waals surface area contributed by atoms with E-state index in [4.69, 9.17) is 4.98 Å². The summed E-state index contributed by atoms with van der Waals surface area (Å²) < 4.78 is 29.2. The Morgan fingerprint density at radius 1 is 1.03 bits per heavy atom. The van der Waals surface area contributed by atoms with Crippen LogP contribution in [0.25, 0.3) is 31.4 Å². The van der Waals surface area contributed by atoms with Gasteiger partial charge in [-0.2, -0.15) is 5.10 Å². The first-order chi connectivity index (χ1) is 14.1. The Morgan fingerprint density at radius 3 is 2.37 bits per heavy atom. The van der Waals surface area contributed by atoms with Crippen LogP contribution in [0.15, 0.2) is 24.5 Å². The highest BCUT2D eigenvalue weighted by atomic mass is 35.5. The molecule has 1 aliphatic rings. The second-order valence-electron chi connectivity index (χ2n) is 7.02. The molecule has 11 heteroatoms. The molecule has 4 heterocycles. The number of aromatic amines is 1. The van der Waals surface area contributed by atoms with Gasteiger partial charge in [0.15, 0.2) is 14.8 Å². The Balaban J connectivity index is 0.00000218. The number of rotatable bonds is 4. The molecule has 1 fully saturated rings. The van der Waals surface area contributed by atoms with Crippen LogP contribution in [0.1, 0.15) is 12.8 Å². The van der Waals surface area contributed by atoms with Gasteiger partial charge in [-0.15, -0.1) is 12.4 Å². The lowest BCUT2D eigenvalue weighted by atomic mass is 10.1. The molecule has 30 heavy (non-hydrogen) atoms. The van der Waals surface area contributed by atoms with Gasteiger partial charge in [-0.3, -0.25) is 5.10 Å². The van der Waals surface area contributed by atoms with Gasteiger partial charge in [0, 0.05) is 30.4 Å². The zero-order valence-electron chi connectivity index (χ0n) is 16.0. The summed E-state index contributed by atoms with van der Waals surface area (Å²) in [6, 6.07) is 3.10. The van der Waals surface area contributed by atoms with Gasteiger partial charge < -0.3 is 10.2 Å². The molecular formula is C19H19ClF2N6S2. The third kappa shape index (κ3) is 3.80. The summed E-state index contributed by atoms with van der Waals surface area (Å²) in [5.74, 6) is -1.28. The van der Waals surface area contributed by atoms with Gasteiger partial charge >= 0.3 is 0 Å². The van der Waals surface area contributed by atoms with Crippen LogP contribution in [0.5, 0.6) is 0 Å². The number of H-pyrrole nitrogens is 1. The van der Waals surface area contributed by atoms with Gasteiger partial charge in [0.05, 0.1) is 11.8 Å². The van der Waals surface area contributed by atoms with E-state index in [9.17, 15) is 8.78 Å². The summed E-state index contributed by atoms with van der Waals surface area (Å²) >= 11 is 2.87. The summed E-state index contributed by atoms with van der Waals surface area (Å²) in [7, 11) is 2.07. The zero-order chi connectivity index (χ0) is 20.0. The smallest absolute Gasteiger partial charge is 0.188 e. The quantitative estimate of drug-likeness (QED) is 0.454. The fourth-order valence-corrected chi connectivity index (χ4v) is 5.68. The standard InChI is InChI=1S/C19H18F2N6S2.ClH/c1-27(12-2-4-22-5-3-12)19-26-18-17(29-19)25-16(28-18)10-6-13(20)15(14(21)7-10)11-8-23-24-9-11;/h6-9,12,22H,2-5H2,1H3,(H,23,24);1H. The number of anilines is 1. The van der Waals surface area contributed by atoms with Gasteiger partial charge in [0.1, 0.15) is 16.6 Å². The third-order valence-electron chi connectivity index (χ3n) is 5.20. The van der Waals surface area contributed by atoms with Crippen LogP contribution in [0.3, 0.4) is 0 Å². The number of fused-ring (bicyclic) bond motifs is 1. The van der Waals surface area contributed by atoms with Gasteiger partial charge in [-0.05, 0) is 38.1 Å². The minimum Gasteiger partial charge on any atom is -0.348 e. The summed E-state index contributed by atoms with van der Waals surface area (Å²) in [4.78, 5) is 13.1. The molecule has 1 aliphatic heterocycles. The molecule has 0 radical (unpaired) electrons. The average molecular weight is 469 g/mol. The van der Waals surface area contributed by atoms with E-state index in [2.05, 4.69) is 32.4 Å². The number of piperidine rings is 1. The Hall–Kier alpha value is -2.14. The molecule has 2 N–H and O–H groups in total. The predicted octanol–water partition coefficient (Wildman–Crippen LogP) is 4.70. The molecule has 158 valence electrons. The summed E-state index contributed by atoms with van der Waals surface area (Å²) in [5, 5.41) is 11.2. The number of thiazole rings is 2. The number of nitrogens with one attached hydrogen (secondary N) is 2. The lowest BCUT2D eigenvalue weighted by Crippen LogP contribution is -2.41. The van der Waals surface area contributed by atoms with E-state index >= 15 is 0 Å². The maximum Gasteiger partial charge on any atom is 0.188 e. The number of benzene rings is 1. The topological polar surface area (TPSA) is 69.7 Å². The fraction of sp³-hybridized carbons (Fsp3) is 0.316.